The third-order valence-corrected chi connectivity index (χ3v) is 5.34. The van der Waals surface area contributed by atoms with E-state index >= 15 is 0 Å². The maximum absolute atomic E-state index is 12.4. The van der Waals surface area contributed by atoms with Crippen molar-refractivity contribution < 1.29 is 19.1 Å². The standard InChI is InChI=1S/C23H35N3O4/c1-23(2,3)30-22(28)26-13-14-29-19(16-26)21(18-9-10-18)24-12-11-20(27)25-15-17-7-5-4-6-8-17/h4-8,18-19,21,24H,9-16H2,1-3H3,(H,25,27)/t19-,21-/m1/s1. The Bertz CT molecular complexity index is 700. The minimum absolute atomic E-state index is 0.0286. The normalized spacial score (nSPS) is 20.5. The van der Waals surface area contributed by atoms with Crippen molar-refractivity contribution in [3.05, 3.63) is 35.9 Å². The van der Waals surface area contributed by atoms with Gasteiger partial charge in [0, 0.05) is 32.1 Å². The number of hydrogen-bond donors (Lipinski definition) is 2. The first-order chi connectivity index (χ1) is 14.3. The fourth-order valence-corrected chi connectivity index (χ4v) is 3.68. The largest absolute Gasteiger partial charge is 0.444 e. The summed E-state index contributed by atoms with van der Waals surface area (Å²) in [6.07, 6.45) is 2.36. The smallest absolute Gasteiger partial charge is 0.410 e. The van der Waals surface area contributed by atoms with Gasteiger partial charge in [-0.3, -0.25) is 4.79 Å². The van der Waals surface area contributed by atoms with Gasteiger partial charge in [-0.2, -0.15) is 0 Å². The summed E-state index contributed by atoms with van der Waals surface area (Å²) in [5, 5.41) is 6.48. The number of hydrogen-bond acceptors (Lipinski definition) is 5. The van der Waals surface area contributed by atoms with Gasteiger partial charge in [0.05, 0.1) is 19.3 Å². The molecule has 1 saturated carbocycles. The number of rotatable bonds is 8. The lowest BCUT2D eigenvalue weighted by Crippen LogP contribution is -2.55. The Kier molecular flexibility index (Phi) is 7.72. The quantitative estimate of drug-likeness (QED) is 0.680. The molecule has 2 amide bonds. The molecule has 166 valence electrons. The zero-order valence-corrected chi connectivity index (χ0v) is 18.4. The van der Waals surface area contributed by atoms with Crippen LogP contribution in [0.1, 0.15) is 45.6 Å². The molecule has 2 N–H and O–H groups in total. The van der Waals surface area contributed by atoms with Crippen LogP contribution in [0.15, 0.2) is 30.3 Å². The van der Waals surface area contributed by atoms with Gasteiger partial charge in [-0.05, 0) is 45.1 Å². The van der Waals surface area contributed by atoms with Crippen LogP contribution in [0.3, 0.4) is 0 Å². The van der Waals surface area contributed by atoms with Gasteiger partial charge in [-0.25, -0.2) is 4.79 Å². The van der Waals surface area contributed by atoms with Gasteiger partial charge < -0.3 is 25.0 Å². The molecule has 1 saturated heterocycles. The van der Waals surface area contributed by atoms with Crippen LogP contribution in [0, 0.1) is 5.92 Å². The van der Waals surface area contributed by atoms with Crippen LogP contribution in [-0.4, -0.2) is 60.9 Å². The average Bonchev–Trinajstić information content (AvgIpc) is 3.54. The molecule has 1 aromatic carbocycles. The Morgan fingerprint density at radius 3 is 2.63 bits per heavy atom. The molecule has 2 aliphatic rings. The molecular weight excluding hydrogens is 382 g/mol. The highest BCUT2D eigenvalue weighted by molar-refractivity contribution is 5.76. The van der Waals surface area contributed by atoms with E-state index in [1.54, 1.807) is 4.90 Å². The van der Waals surface area contributed by atoms with Crippen LogP contribution in [-0.2, 0) is 20.8 Å². The van der Waals surface area contributed by atoms with E-state index in [-0.39, 0.29) is 24.1 Å². The van der Waals surface area contributed by atoms with E-state index in [9.17, 15) is 9.59 Å². The van der Waals surface area contributed by atoms with Gasteiger partial charge in [0.2, 0.25) is 5.91 Å². The average molecular weight is 418 g/mol. The molecule has 0 radical (unpaired) electrons. The summed E-state index contributed by atoms with van der Waals surface area (Å²) >= 11 is 0. The number of nitrogens with zero attached hydrogens (tertiary/aromatic N) is 1. The number of carbonyl (C=O) groups is 2. The lowest BCUT2D eigenvalue weighted by atomic mass is 10.0. The van der Waals surface area contributed by atoms with Crippen LogP contribution < -0.4 is 10.6 Å². The molecule has 3 rings (SSSR count). The van der Waals surface area contributed by atoms with Gasteiger partial charge in [-0.1, -0.05) is 30.3 Å². The van der Waals surface area contributed by atoms with Crippen molar-refractivity contribution >= 4 is 12.0 Å². The Balaban J connectivity index is 1.44. The number of amides is 2. The summed E-state index contributed by atoms with van der Waals surface area (Å²) in [5.74, 6) is 0.571. The third kappa shape index (κ3) is 7.29. The second kappa shape index (κ2) is 10.3. The van der Waals surface area contributed by atoms with Crippen molar-refractivity contribution in [2.75, 3.05) is 26.2 Å². The molecule has 0 aromatic heterocycles. The monoisotopic (exact) mass is 417 g/mol. The van der Waals surface area contributed by atoms with Gasteiger partial charge in [-0.15, -0.1) is 0 Å². The first-order valence-corrected chi connectivity index (χ1v) is 11.0. The molecule has 1 aromatic rings. The summed E-state index contributed by atoms with van der Waals surface area (Å²) in [6, 6.07) is 10.0. The maximum atomic E-state index is 12.4. The molecular formula is C23H35N3O4. The van der Waals surface area contributed by atoms with E-state index in [0.717, 1.165) is 18.4 Å². The molecule has 30 heavy (non-hydrogen) atoms. The Hall–Kier alpha value is -2.12. The molecule has 0 spiro atoms. The van der Waals surface area contributed by atoms with Gasteiger partial charge in [0.25, 0.3) is 0 Å². The molecule has 0 unspecified atom stereocenters. The summed E-state index contributed by atoms with van der Waals surface area (Å²) < 4.78 is 11.5. The molecule has 7 heteroatoms. The Morgan fingerprint density at radius 1 is 1.23 bits per heavy atom. The zero-order valence-electron chi connectivity index (χ0n) is 18.4. The van der Waals surface area contributed by atoms with E-state index in [1.165, 1.54) is 0 Å². The van der Waals surface area contributed by atoms with Crippen LogP contribution in [0.2, 0.25) is 0 Å². The fourth-order valence-electron chi connectivity index (χ4n) is 3.68. The lowest BCUT2D eigenvalue weighted by Gasteiger charge is -2.38. The van der Waals surface area contributed by atoms with E-state index < -0.39 is 5.60 Å². The van der Waals surface area contributed by atoms with Gasteiger partial charge in [0.15, 0.2) is 0 Å². The van der Waals surface area contributed by atoms with Crippen molar-refractivity contribution in [3.8, 4) is 0 Å². The van der Waals surface area contributed by atoms with Crippen molar-refractivity contribution in [3.63, 3.8) is 0 Å². The Labute approximate surface area is 179 Å². The maximum Gasteiger partial charge on any atom is 0.410 e. The number of ether oxygens (including phenoxy) is 2. The molecule has 2 fully saturated rings. The van der Waals surface area contributed by atoms with E-state index in [1.807, 2.05) is 51.1 Å². The lowest BCUT2D eigenvalue weighted by molar-refractivity contribution is -0.121. The summed E-state index contributed by atoms with van der Waals surface area (Å²) in [4.78, 5) is 26.4. The van der Waals surface area contributed by atoms with Crippen molar-refractivity contribution in [2.24, 2.45) is 5.92 Å². The molecule has 0 bridgehead atoms. The van der Waals surface area contributed by atoms with Crippen LogP contribution in [0.25, 0.3) is 0 Å². The van der Waals surface area contributed by atoms with Crippen LogP contribution >= 0.6 is 0 Å². The minimum atomic E-state index is -0.508. The molecule has 1 aliphatic carbocycles. The topological polar surface area (TPSA) is 79.9 Å². The predicted octanol–water partition coefficient (Wildman–Crippen LogP) is 2.70. The SMILES string of the molecule is CC(C)(C)OC(=O)N1CCO[C@@H]([C@H](NCCC(=O)NCc2ccccc2)C2CC2)C1. The second-order valence-corrected chi connectivity index (χ2v) is 9.17. The molecule has 7 nitrogen and oxygen atoms in total. The predicted molar refractivity (Wildman–Crippen MR) is 115 cm³/mol. The van der Waals surface area contributed by atoms with Gasteiger partial charge in [0.1, 0.15) is 5.60 Å². The highest BCUT2D eigenvalue weighted by Gasteiger charge is 2.40. The molecule has 1 heterocycles. The van der Waals surface area contributed by atoms with Crippen molar-refractivity contribution in [2.45, 2.75) is 64.3 Å². The summed E-state index contributed by atoms with van der Waals surface area (Å²) in [7, 11) is 0. The highest BCUT2D eigenvalue weighted by atomic mass is 16.6. The van der Waals surface area contributed by atoms with E-state index in [2.05, 4.69) is 10.6 Å². The first-order valence-electron chi connectivity index (χ1n) is 11.0. The molecule has 2 atom stereocenters. The van der Waals surface area contributed by atoms with E-state index in [4.69, 9.17) is 9.47 Å². The number of morpholine rings is 1. The first kappa shape index (κ1) is 22.6. The fraction of sp³-hybridized carbons (Fsp3) is 0.652. The van der Waals surface area contributed by atoms with Crippen molar-refractivity contribution in [1.82, 2.24) is 15.5 Å². The number of carbonyl (C=O) groups excluding carboxylic acids is 2. The minimum Gasteiger partial charge on any atom is -0.444 e. The van der Waals surface area contributed by atoms with Crippen molar-refractivity contribution in [1.29, 1.82) is 0 Å². The van der Waals surface area contributed by atoms with Crippen LogP contribution in [0.5, 0.6) is 0 Å². The number of nitrogens with one attached hydrogen (secondary N) is 2. The van der Waals surface area contributed by atoms with Crippen LogP contribution in [0.4, 0.5) is 4.79 Å². The second-order valence-electron chi connectivity index (χ2n) is 9.17. The van der Waals surface area contributed by atoms with Gasteiger partial charge >= 0.3 is 6.09 Å². The van der Waals surface area contributed by atoms with E-state index in [0.29, 0.717) is 45.1 Å². The summed E-state index contributed by atoms with van der Waals surface area (Å²) in [5.41, 5.74) is 0.582. The highest BCUT2D eigenvalue weighted by Crippen LogP contribution is 2.35. The third-order valence-electron chi connectivity index (χ3n) is 5.34. The Morgan fingerprint density at radius 2 is 1.97 bits per heavy atom. The summed E-state index contributed by atoms with van der Waals surface area (Å²) in [6.45, 7) is 8.33. The zero-order chi connectivity index (χ0) is 21.6. The number of benzene rings is 1. The molecule has 1 aliphatic heterocycles.